The third-order valence-electron chi connectivity index (χ3n) is 7.00. The predicted octanol–water partition coefficient (Wildman–Crippen LogP) is 4.98. The number of carbonyl (C=O) groups excluding carboxylic acids is 2. The van der Waals surface area contributed by atoms with Gasteiger partial charge in [0.25, 0.3) is 11.8 Å². The molecular formula is C25H34N2O2. The highest BCUT2D eigenvalue weighted by molar-refractivity contribution is 6.35. The second kappa shape index (κ2) is 8.73. The Morgan fingerprint density at radius 1 is 0.759 bits per heavy atom. The van der Waals surface area contributed by atoms with Gasteiger partial charge in [-0.3, -0.25) is 14.5 Å². The Labute approximate surface area is 175 Å². The van der Waals surface area contributed by atoms with E-state index in [4.69, 9.17) is 0 Å². The van der Waals surface area contributed by atoms with Gasteiger partial charge in [0, 0.05) is 19.1 Å². The summed E-state index contributed by atoms with van der Waals surface area (Å²) < 4.78 is 0. The fourth-order valence-electron chi connectivity index (χ4n) is 5.13. The van der Waals surface area contributed by atoms with E-state index in [1.54, 1.807) is 4.90 Å². The maximum atomic E-state index is 13.7. The van der Waals surface area contributed by atoms with Crippen LogP contribution in [0.5, 0.6) is 0 Å². The summed E-state index contributed by atoms with van der Waals surface area (Å²) in [6, 6.07) is 6.23. The number of nitrogens with zero attached hydrogens (tertiary/aromatic N) is 2. The summed E-state index contributed by atoms with van der Waals surface area (Å²) in [6.07, 6.45) is 11.2. The minimum Gasteiger partial charge on any atom is -0.366 e. The van der Waals surface area contributed by atoms with E-state index in [1.165, 1.54) is 31.2 Å². The van der Waals surface area contributed by atoms with Crippen LogP contribution >= 0.6 is 0 Å². The van der Waals surface area contributed by atoms with Crippen molar-refractivity contribution in [3.63, 3.8) is 0 Å². The number of imide groups is 1. The first kappa shape index (κ1) is 20.2. The highest BCUT2D eigenvalue weighted by Gasteiger charge is 2.44. The van der Waals surface area contributed by atoms with Crippen LogP contribution < -0.4 is 0 Å². The van der Waals surface area contributed by atoms with Crippen LogP contribution in [0, 0.1) is 13.8 Å². The number of carbonyl (C=O) groups is 2. The number of benzene rings is 1. The molecule has 2 amide bonds. The van der Waals surface area contributed by atoms with Crippen LogP contribution in [0.3, 0.4) is 0 Å². The van der Waals surface area contributed by atoms with Crippen LogP contribution in [0.2, 0.25) is 0 Å². The van der Waals surface area contributed by atoms with Crippen LogP contribution in [0.4, 0.5) is 0 Å². The lowest BCUT2D eigenvalue weighted by atomic mass is 9.95. The molecule has 4 heteroatoms. The fraction of sp³-hybridized carbons (Fsp3) is 0.600. The molecule has 1 aromatic rings. The molecule has 1 saturated carbocycles. The number of aryl methyl sites for hydroxylation is 2. The Morgan fingerprint density at radius 2 is 1.38 bits per heavy atom. The molecule has 0 spiro atoms. The summed E-state index contributed by atoms with van der Waals surface area (Å²) >= 11 is 0. The van der Waals surface area contributed by atoms with Crippen molar-refractivity contribution in [2.45, 2.75) is 84.1 Å². The molecule has 0 atom stereocenters. The van der Waals surface area contributed by atoms with Crippen molar-refractivity contribution in [2.24, 2.45) is 0 Å². The molecule has 2 aliphatic heterocycles. The number of amides is 2. The van der Waals surface area contributed by atoms with Crippen molar-refractivity contribution < 1.29 is 9.59 Å². The van der Waals surface area contributed by atoms with E-state index in [1.807, 2.05) is 6.07 Å². The molecule has 0 unspecified atom stereocenters. The van der Waals surface area contributed by atoms with E-state index < -0.39 is 0 Å². The first-order valence-electron chi connectivity index (χ1n) is 11.5. The van der Waals surface area contributed by atoms with Gasteiger partial charge in [-0.1, -0.05) is 50.3 Å². The molecule has 2 heterocycles. The number of rotatable bonds is 3. The maximum absolute atomic E-state index is 13.7. The van der Waals surface area contributed by atoms with Gasteiger partial charge in [0.05, 0.1) is 5.57 Å². The van der Waals surface area contributed by atoms with Crippen molar-refractivity contribution in [1.29, 1.82) is 0 Å². The zero-order valence-corrected chi connectivity index (χ0v) is 18.0. The first-order valence-corrected chi connectivity index (χ1v) is 11.5. The Morgan fingerprint density at radius 3 is 2.03 bits per heavy atom. The maximum Gasteiger partial charge on any atom is 0.278 e. The zero-order chi connectivity index (χ0) is 20.4. The number of likely N-dealkylation sites (tertiary alicyclic amines) is 1. The van der Waals surface area contributed by atoms with Gasteiger partial charge in [-0.25, -0.2) is 0 Å². The van der Waals surface area contributed by atoms with Gasteiger partial charge in [0.2, 0.25) is 0 Å². The molecule has 1 saturated heterocycles. The minimum atomic E-state index is -0.0654. The van der Waals surface area contributed by atoms with Gasteiger partial charge >= 0.3 is 0 Å². The first-order chi connectivity index (χ1) is 14.1. The second-order valence-corrected chi connectivity index (χ2v) is 9.05. The Kier molecular flexibility index (Phi) is 6.07. The summed E-state index contributed by atoms with van der Waals surface area (Å²) in [4.78, 5) is 31.2. The molecule has 0 radical (unpaired) electrons. The van der Waals surface area contributed by atoms with E-state index in [0.29, 0.717) is 11.3 Å². The van der Waals surface area contributed by atoms with Crippen LogP contribution in [0.15, 0.2) is 23.9 Å². The molecule has 1 aromatic carbocycles. The average Bonchev–Trinajstić information content (AvgIpc) is 2.95. The van der Waals surface area contributed by atoms with Crippen LogP contribution in [0.1, 0.15) is 80.9 Å². The summed E-state index contributed by atoms with van der Waals surface area (Å²) in [7, 11) is 0. The summed E-state index contributed by atoms with van der Waals surface area (Å²) in [6.45, 7) is 5.91. The van der Waals surface area contributed by atoms with Gasteiger partial charge in [0.1, 0.15) is 5.70 Å². The highest BCUT2D eigenvalue weighted by atomic mass is 16.2. The van der Waals surface area contributed by atoms with Crippen molar-refractivity contribution in [1.82, 2.24) is 9.80 Å². The van der Waals surface area contributed by atoms with E-state index in [2.05, 4.69) is 30.9 Å². The quantitative estimate of drug-likeness (QED) is 0.679. The van der Waals surface area contributed by atoms with Gasteiger partial charge in [-0.05, 0) is 62.6 Å². The zero-order valence-electron chi connectivity index (χ0n) is 18.0. The normalized spacial score (nSPS) is 22.3. The van der Waals surface area contributed by atoms with E-state index >= 15 is 0 Å². The number of hydrogen-bond donors (Lipinski definition) is 0. The molecule has 0 N–H and O–H groups in total. The number of piperidine rings is 1. The SMILES string of the molecule is Cc1ccc(C2=C(N3CCCCC3)C(=O)N(C3CCCCCCC3)C2=O)cc1C. The topological polar surface area (TPSA) is 40.6 Å². The Balaban J connectivity index is 1.73. The molecule has 0 aromatic heterocycles. The van der Waals surface area contributed by atoms with Crippen molar-refractivity contribution in [3.8, 4) is 0 Å². The molecule has 0 bridgehead atoms. The Bertz CT molecular complexity index is 812. The third-order valence-corrected chi connectivity index (χ3v) is 7.00. The fourth-order valence-corrected chi connectivity index (χ4v) is 5.13. The van der Waals surface area contributed by atoms with Gasteiger partial charge in [0.15, 0.2) is 0 Å². The standard InChI is InChI=1S/C25H34N2O2/c1-18-13-14-20(17-19(18)2)22-23(26-15-9-6-10-16-26)25(29)27(24(22)28)21-11-7-4-3-5-8-12-21/h13-14,17,21H,3-12,15-16H2,1-2H3. The summed E-state index contributed by atoms with van der Waals surface area (Å²) in [5, 5.41) is 0. The van der Waals surface area contributed by atoms with E-state index in [0.717, 1.165) is 62.7 Å². The van der Waals surface area contributed by atoms with Crippen molar-refractivity contribution in [2.75, 3.05) is 13.1 Å². The summed E-state index contributed by atoms with van der Waals surface area (Å²) in [5.74, 6) is -0.111. The smallest absolute Gasteiger partial charge is 0.278 e. The predicted molar refractivity (Wildman–Crippen MR) is 116 cm³/mol. The van der Waals surface area contributed by atoms with Gasteiger partial charge in [-0.2, -0.15) is 0 Å². The lowest BCUT2D eigenvalue weighted by Gasteiger charge is -2.31. The lowest BCUT2D eigenvalue weighted by molar-refractivity contribution is -0.140. The molecule has 3 aliphatic rings. The van der Waals surface area contributed by atoms with Crippen LogP contribution in [-0.2, 0) is 9.59 Å². The molecular weight excluding hydrogens is 360 g/mol. The Hall–Kier alpha value is -2.10. The summed E-state index contributed by atoms with van der Waals surface area (Å²) in [5.41, 5.74) is 4.59. The second-order valence-electron chi connectivity index (χ2n) is 9.05. The van der Waals surface area contributed by atoms with Gasteiger partial charge < -0.3 is 4.90 Å². The monoisotopic (exact) mass is 394 g/mol. The molecule has 29 heavy (non-hydrogen) atoms. The largest absolute Gasteiger partial charge is 0.366 e. The third kappa shape index (κ3) is 3.99. The molecule has 4 nitrogen and oxygen atoms in total. The van der Waals surface area contributed by atoms with Crippen LogP contribution in [0.25, 0.3) is 5.57 Å². The molecule has 2 fully saturated rings. The molecule has 156 valence electrons. The van der Waals surface area contributed by atoms with E-state index in [9.17, 15) is 9.59 Å². The molecule has 1 aliphatic carbocycles. The molecule has 4 rings (SSSR count). The minimum absolute atomic E-state index is 0.0456. The van der Waals surface area contributed by atoms with Gasteiger partial charge in [-0.15, -0.1) is 0 Å². The highest BCUT2D eigenvalue weighted by Crippen LogP contribution is 2.37. The van der Waals surface area contributed by atoms with Crippen molar-refractivity contribution in [3.05, 3.63) is 40.6 Å². The average molecular weight is 395 g/mol. The van der Waals surface area contributed by atoms with Crippen LogP contribution in [-0.4, -0.2) is 40.7 Å². The van der Waals surface area contributed by atoms with E-state index in [-0.39, 0.29) is 17.9 Å². The number of hydrogen-bond acceptors (Lipinski definition) is 3. The van der Waals surface area contributed by atoms with Crippen molar-refractivity contribution >= 4 is 17.4 Å². The lowest BCUT2D eigenvalue weighted by Crippen LogP contribution is -2.43.